The second-order valence-corrected chi connectivity index (χ2v) is 7.12. The molecule has 1 atom stereocenters. The van der Waals surface area contributed by atoms with Crippen molar-refractivity contribution in [3.8, 4) is 0 Å². The van der Waals surface area contributed by atoms with Crippen LogP contribution in [0.2, 0.25) is 0 Å². The third kappa shape index (κ3) is 4.42. The fourth-order valence-electron chi connectivity index (χ4n) is 3.33. The van der Waals surface area contributed by atoms with E-state index in [2.05, 4.69) is 46.0 Å². The lowest BCUT2D eigenvalue weighted by Gasteiger charge is -2.34. The first-order valence-electron chi connectivity index (χ1n) is 8.26. The minimum Gasteiger partial charge on any atom is -0.393 e. The number of piperidine rings is 1. The molecule has 0 bridgehead atoms. The maximum Gasteiger partial charge on any atom is 0.0572 e. The third-order valence-electron chi connectivity index (χ3n) is 4.73. The summed E-state index contributed by atoms with van der Waals surface area (Å²) in [5.41, 5.74) is 2.75. The van der Waals surface area contributed by atoms with E-state index in [1.807, 2.05) is 6.07 Å². The van der Waals surface area contributed by atoms with Crippen LogP contribution in [0.1, 0.15) is 30.4 Å². The Morgan fingerprint density at radius 2 is 1.86 bits per heavy atom. The Morgan fingerprint density at radius 3 is 2.55 bits per heavy atom. The molecule has 0 radical (unpaired) electrons. The highest BCUT2D eigenvalue weighted by molar-refractivity contribution is 7.07. The molecule has 0 saturated carbocycles. The Hall–Kier alpha value is -1.16. The number of aryl methyl sites for hydroxylation is 1. The molecule has 1 fully saturated rings. The van der Waals surface area contributed by atoms with E-state index < -0.39 is 0 Å². The maximum absolute atomic E-state index is 10.5. The average molecular weight is 315 g/mol. The van der Waals surface area contributed by atoms with E-state index in [-0.39, 0.29) is 6.10 Å². The first-order chi connectivity index (χ1) is 10.8. The summed E-state index contributed by atoms with van der Waals surface area (Å²) in [5.74, 6) is 0.474. The molecule has 2 heterocycles. The number of benzene rings is 1. The number of likely N-dealkylation sites (tertiary alicyclic amines) is 1. The summed E-state index contributed by atoms with van der Waals surface area (Å²) in [7, 11) is 0. The molecule has 1 saturated heterocycles. The van der Waals surface area contributed by atoms with Crippen LogP contribution in [-0.4, -0.2) is 29.2 Å². The van der Waals surface area contributed by atoms with Crippen molar-refractivity contribution in [2.75, 3.05) is 13.1 Å². The third-order valence-corrected chi connectivity index (χ3v) is 5.47. The number of nitrogens with zero attached hydrogens (tertiary/aromatic N) is 1. The quantitative estimate of drug-likeness (QED) is 0.872. The van der Waals surface area contributed by atoms with E-state index in [0.717, 1.165) is 45.3 Å². The molecule has 0 aliphatic carbocycles. The van der Waals surface area contributed by atoms with Gasteiger partial charge in [-0.3, -0.25) is 4.90 Å². The van der Waals surface area contributed by atoms with Crippen molar-refractivity contribution in [1.82, 2.24) is 4.90 Å². The van der Waals surface area contributed by atoms with Gasteiger partial charge >= 0.3 is 0 Å². The molecule has 1 aliphatic heterocycles. The molecular formula is C19H25NOS. The lowest BCUT2D eigenvalue weighted by molar-refractivity contribution is 0.0520. The maximum atomic E-state index is 10.5. The van der Waals surface area contributed by atoms with Crippen LogP contribution in [0, 0.1) is 5.92 Å². The van der Waals surface area contributed by atoms with E-state index >= 15 is 0 Å². The van der Waals surface area contributed by atoms with Gasteiger partial charge in [0.1, 0.15) is 0 Å². The van der Waals surface area contributed by atoms with Crippen LogP contribution in [0.25, 0.3) is 0 Å². The van der Waals surface area contributed by atoms with Gasteiger partial charge in [0, 0.05) is 6.54 Å². The molecule has 118 valence electrons. The standard InChI is InChI=1S/C19H25NOS/c21-19(7-6-16-4-2-1-3-5-16)18-8-11-20(12-9-18)14-17-10-13-22-15-17/h1-5,10,13,15,18-19,21H,6-9,11-12,14H2/t19-/m1/s1. The van der Waals surface area contributed by atoms with Gasteiger partial charge in [-0.2, -0.15) is 11.3 Å². The van der Waals surface area contributed by atoms with E-state index in [0.29, 0.717) is 5.92 Å². The zero-order valence-corrected chi connectivity index (χ0v) is 13.8. The molecule has 0 spiro atoms. The minimum absolute atomic E-state index is 0.150. The van der Waals surface area contributed by atoms with E-state index in [1.54, 1.807) is 11.3 Å². The summed E-state index contributed by atoms with van der Waals surface area (Å²) >= 11 is 1.77. The van der Waals surface area contributed by atoms with Crippen LogP contribution >= 0.6 is 11.3 Å². The predicted molar refractivity (Wildman–Crippen MR) is 93.1 cm³/mol. The van der Waals surface area contributed by atoms with Crippen molar-refractivity contribution in [2.24, 2.45) is 5.92 Å². The Kier molecular flexibility index (Phi) is 5.65. The fourth-order valence-corrected chi connectivity index (χ4v) is 3.99. The van der Waals surface area contributed by atoms with Crippen LogP contribution in [0.15, 0.2) is 47.2 Å². The summed E-state index contributed by atoms with van der Waals surface area (Å²) in [4.78, 5) is 2.52. The molecule has 2 nitrogen and oxygen atoms in total. The van der Waals surface area contributed by atoms with Crippen LogP contribution in [0.3, 0.4) is 0 Å². The van der Waals surface area contributed by atoms with Crippen LogP contribution in [0.4, 0.5) is 0 Å². The molecule has 1 aromatic heterocycles. The number of thiophene rings is 1. The molecule has 3 rings (SSSR count). The van der Waals surface area contributed by atoms with Gasteiger partial charge in [-0.25, -0.2) is 0 Å². The van der Waals surface area contributed by atoms with E-state index in [4.69, 9.17) is 0 Å². The minimum atomic E-state index is -0.150. The summed E-state index contributed by atoms with van der Waals surface area (Å²) < 4.78 is 0. The normalized spacial score (nSPS) is 18.4. The van der Waals surface area contributed by atoms with Crippen LogP contribution in [0.5, 0.6) is 0 Å². The number of hydrogen-bond acceptors (Lipinski definition) is 3. The smallest absolute Gasteiger partial charge is 0.0572 e. The van der Waals surface area contributed by atoms with Crippen molar-refractivity contribution >= 4 is 11.3 Å². The lowest BCUT2D eigenvalue weighted by atomic mass is 9.88. The van der Waals surface area contributed by atoms with Crippen molar-refractivity contribution in [2.45, 2.75) is 38.3 Å². The zero-order chi connectivity index (χ0) is 15.2. The van der Waals surface area contributed by atoms with E-state index in [9.17, 15) is 5.11 Å². The SMILES string of the molecule is O[C@H](CCc1ccccc1)C1CCN(Cc2ccsc2)CC1. The highest BCUT2D eigenvalue weighted by Crippen LogP contribution is 2.24. The van der Waals surface area contributed by atoms with Gasteiger partial charge in [0.25, 0.3) is 0 Å². The summed E-state index contributed by atoms with van der Waals surface area (Å²) in [6, 6.07) is 12.7. The van der Waals surface area contributed by atoms with Crippen molar-refractivity contribution < 1.29 is 5.11 Å². The molecule has 3 heteroatoms. The number of rotatable bonds is 6. The van der Waals surface area contributed by atoms with Gasteiger partial charge in [-0.15, -0.1) is 0 Å². The Bertz CT molecular complexity index is 532. The molecule has 1 N–H and O–H groups in total. The van der Waals surface area contributed by atoms with Gasteiger partial charge in [-0.05, 0) is 72.6 Å². The van der Waals surface area contributed by atoms with Crippen molar-refractivity contribution in [3.05, 3.63) is 58.3 Å². The first-order valence-corrected chi connectivity index (χ1v) is 9.21. The molecular weight excluding hydrogens is 290 g/mol. The Morgan fingerprint density at radius 1 is 1.09 bits per heavy atom. The first kappa shape index (κ1) is 15.7. The Labute approximate surface area is 137 Å². The number of aliphatic hydroxyl groups excluding tert-OH is 1. The van der Waals surface area contributed by atoms with Crippen LogP contribution < -0.4 is 0 Å². The average Bonchev–Trinajstić information content (AvgIpc) is 3.07. The highest BCUT2D eigenvalue weighted by Gasteiger charge is 2.25. The van der Waals surface area contributed by atoms with Gasteiger partial charge < -0.3 is 5.11 Å². The monoisotopic (exact) mass is 315 g/mol. The number of hydrogen-bond donors (Lipinski definition) is 1. The second-order valence-electron chi connectivity index (χ2n) is 6.34. The predicted octanol–water partition coefficient (Wildman–Crippen LogP) is 3.95. The number of aliphatic hydroxyl groups is 1. The largest absolute Gasteiger partial charge is 0.393 e. The van der Waals surface area contributed by atoms with Gasteiger partial charge in [0.05, 0.1) is 6.10 Å². The second kappa shape index (κ2) is 7.91. The molecule has 1 aromatic carbocycles. The molecule has 22 heavy (non-hydrogen) atoms. The summed E-state index contributed by atoms with van der Waals surface area (Å²) in [6.07, 6.45) is 3.97. The van der Waals surface area contributed by atoms with Gasteiger partial charge in [0.2, 0.25) is 0 Å². The highest BCUT2D eigenvalue weighted by atomic mass is 32.1. The molecule has 1 aliphatic rings. The lowest BCUT2D eigenvalue weighted by Crippen LogP contribution is -2.37. The van der Waals surface area contributed by atoms with Crippen molar-refractivity contribution in [1.29, 1.82) is 0 Å². The summed E-state index contributed by atoms with van der Waals surface area (Å²) in [6.45, 7) is 3.29. The molecule has 2 aromatic rings. The van der Waals surface area contributed by atoms with Crippen LogP contribution in [-0.2, 0) is 13.0 Å². The van der Waals surface area contributed by atoms with E-state index in [1.165, 1.54) is 11.1 Å². The van der Waals surface area contributed by atoms with Gasteiger partial charge in [-0.1, -0.05) is 30.3 Å². The van der Waals surface area contributed by atoms with Crippen molar-refractivity contribution in [3.63, 3.8) is 0 Å². The molecule has 0 amide bonds. The Balaban J connectivity index is 1.40. The van der Waals surface area contributed by atoms with Gasteiger partial charge in [0.15, 0.2) is 0 Å². The zero-order valence-electron chi connectivity index (χ0n) is 13.0. The fraction of sp³-hybridized carbons (Fsp3) is 0.474. The summed E-state index contributed by atoms with van der Waals surface area (Å²) in [5, 5.41) is 14.8. The topological polar surface area (TPSA) is 23.5 Å². The molecule has 0 unspecified atom stereocenters.